The van der Waals surface area contributed by atoms with Crippen molar-refractivity contribution in [2.45, 2.75) is 30.7 Å². The van der Waals surface area contributed by atoms with Crippen LogP contribution in [0.3, 0.4) is 0 Å². The zero-order valence-electron chi connectivity index (χ0n) is 9.67. The third-order valence-electron chi connectivity index (χ3n) is 2.59. The summed E-state index contributed by atoms with van der Waals surface area (Å²) in [5, 5.41) is 9.02. The van der Waals surface area contributed by atoms with Gasteiger partial charge in [0, 0.05) is 0 Å². The van der Waals surface area contributed by atoms with Gasteiger partial charge in [0.15, 0.2) is 0 Å². The Morgan fingerprint density at radius 1 is 1.35 bits per heavy atom. The molecule has 94 valence electrons. The van der Waals surface area contributed by atoms with Crippen molar-refractivity contribution in [3.05, 3.63) is 30.3 Å². The summed E-state index contributed by atoms with van der Waals surface area (Å²) in [6.45, 7) is 2.96. The topological polar surface area (TPSA) is 83.5 Å². The van der Waals surface area contributed by atoms with Gasteiger partial charge in [0.1, 0.15) is 5.54 Å². The molecule has 1 aromatic rings. The fraction of sp³-hybridized carbons (Fsp3) is 0.364. The number of carbonyl (C=O) groups is 1. The first-order chi connectivity index (χ1) is 7.82. The Morgan fingerprint density at radius 3 is 2.29 bits per heavy atom. The maximum absolute atomic E-state index is 11.9. The van der Waals surface area contributed by atoms with Crippen molar-refractivity contribution in [2.24, 2.45) is 0 Å². The Bertz CT molecular complexity index is 497. The molecule has 0 spiro atoms. The highest BCUT2D eigenvalue weighted by Crippen LogP contribution is 2.15. The molecule has 0 radical (unpaired) electrons. The number of benzene rings is 1. The van der Waals surface area contributed by atoms with Crippen molar-refractivity contribution in [1.82, 2.24) is 4.72 Å². The molecule has 1 rings (SSSR count). The second kappa shape index (κ2) is 4.85. The zero-order valence-corrected chi connectivity index (χ0v) is 10.5. The number of sulfonamides is 1. The van der Waals surface area contributed by atoms with Crippen LogP contribution in [0.1, 0.15) is 20.3 Å². The van der Waals surface area contributed by atoms with E-state index in [0.29, 0.717) is 0 Å². The van der Waals surface area contributed by atoms with Gasteiger partial charge in [0.2, 0.25) is 10.0 Å². The van der Waals surface area contributed by atoms with Crippen LogP contribution in [-0.4, -0.2) is 25.0 Å². The van der Waals surface area contributed by atoms with Gasteiger partial charge in [-0.15, -0.1) is 0 Å². The Balaban J connectivity index is 3.07. The van der Waals surface area contributed by atoms with E-state index in [9.17, 15) is 13.2 Å². The lowest BCUT2D eigenvalue weighted by molar-refractivity contribution is -0.143. The van der Waals surface area contributed by atoms with Gasteiger partial charge >= 0.3 is 5.97 Å². The van der Waals surface area contributed by atoms with E-state index < -0.39 is 21.5 Å². The lowest BCUT2D eigenvalue weighted by Crippen LogP contribution is -2.51. The van der Waals surface area contributed by atoms with Crippen molar-refractivity contribution in [3.8, 4) is 0 Å². The molecule has 0 saturated heterocycles. The van der Waals surface area contributed by atoms with E-state index in [2.05, 4.69) is 4.72 Å². The van der Waals surface area contributed by atoms with Gasteiger partial charge in [-0.1, -0.05) is 25.1 Å². The Morgan fingerprint density at radius 2 is 1.88 bits per heavy atom. The first-order valence-corrected chi connectivity index (χ1v) is 6.62. The quantitative estimate of drug-likeness (QED) is 0.830. The van der Waals surface area contributed by atoms with Crippen LogP contribution in [0.2, 0.25) is 0 Å². The van der Waals surface area contributed by atoms with Crippen LogP contribution >= 0.6 is 0 Å². The summed E-state index contributed by atoms with van der Waals surface area (Å²) in [7, 11) is -3.81. The Hall–Kier alpha value is -1.40. The molecule has 0 fully saturated rings. The summed E-state index contributed by atoms with van der Waals surface area (Å²) in [5.41, 5.74) is -1.49. The molecule has 0 bridgehead atoms. The van der Waals surface area contributed by atoms with Crippen LogP contribution in [0.5, 0.6) is 0 Å². The summed E-state index contributed by atoms with van der Waals surface area (Å²) in [5.74, 6) is -1.19. The molecule has 0 amide bonds. The van der Waals surface area contributed by atoms with Gasteiger partial charge in [0.25, 0.3) is 0 Å². The van der Waals surface area contributed by atoms with E-state index in [1.54, 1.807) is 25.1 Å². The van der Waals surface area contributed by atoms with Gasteiger partial charge in [-0.05, 0) is 25.5 Å². The SMILES string of the molecule is CCC(C)(NS(=O)(=O)c1ccccc1)C(=O)O. The minimum atomic E-state index is -3.81. The van der Waals surface area contributed by atoms with Crippen LogP contribution in [0.25, 0.3) is 0 Å². The van der Waals surface area contributed by atoms with Gasteiger partial charge in [-0.25, -0.2) is 8.42 Å². The highest BCUT2D eigenvalue weighted by molar-refractivity contribution is 7.89. The predicted octanol–water partition coefficient (Wildman–Crippen LogP) is 1.22. The summed E-state index contributed by atoms with van der Waals surface area (Å²) in [4.78, 5) is 11.1. The molecule has 17 heavy (non-hydrogen) atoms. The molecule has 1 aromatic carbocycles. The third kappa shape index (κ3) is 3.04. The molecule has 6 heteroatoms. The molecule has 1 atom stereocenters. The lowest BCUT2D eigenvalue weighted by atomic mass is 10.0. The van der Waals surface area contributed by atoms with Crippen LogP contribution in [0.4, 0.5) is 0 Å². The predicted molar refractivity (Wildman–Crippen MR) is 63.1 cm³/mol. The zero-order chi connectivity index (χ0) is 13.1. The van der Waals surface area contributed by atoms with E-state index in [1.807, 2.05) is 0 Å². The van der Waals surface area contributed by atoms with Crippen LogP contribution < -0.4 is 4.72 Å². The number of rotatable bonds is 5. The Labute approximate surface area is 101 Å². The second-order valence-electron chi connectivity index (χ2n) is 3.91. The van der Waals surface area contributed by atoms with Gasteiger partial charge in [0.05, 0.1) is 4.90 Å². The molecule has 0 saturated carbocycles. The molecular weight excluding hydrogens is 242 g/mol. The first-order valence-electron chi connectivity index (χ1n) is 5.14. The van der Waals surface area contributed by atoms with Crippen molar-refractivity contribution < 1.29 is 18.3 Å². The van der Waals surface area contributed by atoms with Gasteiger partial charge < -0.3 is 5.11 Å². The first kappa shape index (κ1) is 13.7. The molecule has 0 aliphatic carbocycles. The average molecular weight is 257 g/mol. The minimum Gasteiger partial charge on any atom is -0.480 e. The van der Waals surface area contributed by atoms with Gasteiger partial charge in [-0.2, -0.15) is 4.72 Å². The lowest BCUT2D eigenvalue weighted by Gasteiger charge is -2.24. The Kier molecular flexibility index (Phi) is 3.90. The van der Waals surface area contributed by atoms with E-state index in [4.69, 9.17) is 5.11 Å². The fourth-order valence-corrected chi connectivity index (χ4v) is 2.68. The highest BCUT2D eigenvalue weighted by atomic mass is 32.2. The smallest absolute Gasteiger partial charge is 0.324 e. The number of carboxylic acids is 1. The number of aliphatic carboxylic acids is 1. The minimum absolute atomic E-state index is 0.0564. The molecule has 2 N–H and O–H groups in total. The summed E-state index contributed by atoms with van der Waals surface area (Å²) in [6.07, 6.45) is 0.161. The summed E-state index contributed by atoms with van der Waals surface area (Å²) < 4.78 is 26.1. The summed E-state index contributed by atoms with van der Waals surface area (Å²) >= 11 is 0. The van der Waals surface area contributed by atoms with E-state index in [0.717, 1.165) is 0 Å². The number of carboxylic acid groups (broad SMARTS) is 1. The van der Waals surface area contributed by atoms with E-state index >= 15 is 0 Å². The van der Waals surface area contributed by atoms with Crippen molar-refractivity contribution in [3.63, 3.8) is 0 Å². The fourth-order valence-electron chi connectivity index (χ4n) is 1.22. The normalized spacial score (nSPS) is 15.2. The van der Waals surface area contributed by atoms with Crippen molar-refractivity contribution in [1.29, 1.82) is 0 Å². The van der Waals surface area contributed by atoms with Gasteiger partial charge in [-0.3, -0.25) is 4.79 Å². The van der Waals surface area contributed by atoms with Crippen molar-refractivity contribution in [2.75, 3.05) is 0 Å². The number of hydrogen-bond acceptors (Lipinski definition) is 3. The van der Waals surface area contributed by atoms with E-state index in [-0.39, 0.29) is 11.3 Å². The molecule has 0 aromatic heterocycles. The number of hydrogen-bond donors (Lipinski definition) is 2. The van der Waals surface area contributed by atoms with Crippen LogP contribution in [0, 0.1) is 0 Å². The standard InChI is InChI=1S/C11H15NO4S/c1-3-11(2,10(13)14)12-17(15,16)9-7-5-4-6-8-9/h4-8,12H,3H2,1-2H3,(H,13,14). The number of nitrogens with one attached hydrogen (secondary N) is 1. The second-order valence-corrected chi connectivity index (χ2v) is 5.59. The maximum atomic E-state index is 11.9. The summed E-state index contributed by atoms with van der Waals surface area (Å²) in [6, 6.07) is 7.69. The third-order valence-corrected chi connectivity index (χ3v) is 4.20. The van der Waals surface area contributed by atoms with Crippen molar-refractivity contribution >= 4 is 16.0 Å². The molecule has 0 aliphatic rings. The molecular formula is C11H15NO4S. The van der Waals surface area contributed by atoms with Crippen LogP contribution in [0.15, 0.2) is 35.2 Å². The van der Waals surface area contributed by atoms with Crippen LogP contribution in [-0.2, 0) is 14.8 Å². The largest absolute Gasteiger partial charge is 0.480 e. The molecule has 0 heterocycles. The molecule has 1 unspecified atom stereocenters. The highest BCUT2D eigenvalue weighted by Gasteiger charge is 2.36. The average Bonchev–Trinajstić information content (AvgIpc) is 2.29. The molecule has 0 aliphatic heterocycles. The van der Waals surface area contributed by atoms with E-state index in [1.165, 1.54) is 19.1 Å². The molecule has 5 nitrogen and oxygen atoms in total. The maximum Gasteiger partial charge on any atom is 0.324 e. The monoisotopic (exact) mass is 257 g/mol.